The van der Waals surface area contributed by atoms with E-state index in [-0.39, 0.29) is 6.04 Å². The SMILES string of the molecule is COCCC1(CN=C(N)NC(C)COC)CCCC1. The maximum Gasteiger partial charge on any atom is 0.188 e. The van der Waals surface area contributed by atoms with Crippen molar-refractivity contribution in [1.29, 1.82) is 0 Å². The number of hydrogen-bond donors (Lipinski definition) is 2. The number of guanidine groups is 1. The highest BCUT2D eigenvalue weighted by molar-refractivity contribution is 5.78. The minimum absolute atomic E-state index is 0.187. The van der Waals surface area contributed by atoms with E-state index in [2.05, 4.69) is 10.3 Å². The largest absolute Gasteiger partial charge is 0.385 e. The summed E-state index contributed by atoms with van der Waals surface area (Å²) in [7, 11) is 3.44. The summed E-state index contributed by atoms with van der Waals surface area (Å²) in [5.74, 6) is 0.522. The summed E-state index contributed by atoms with van der Waals surface area (Å²) in [4.78, 5) is 4.53. The molecule has 0 aromatic heterocycles. The lowest BCUT2D eigenvalue weighted by Gasteiger charge is -2.27. The van der Waals surface area contributed by atoms with E-state index in [0.29, 0.717) is 18.0 Å². The molecule has 1 unspecified atom stereocenters. The third kappa shape index (κ3) is 5.78. The van der Waals surface area contributed by atoms with Crippen molar-refractivity contribution >= 4 is 5.96 Å². The minimum Gasteiger partial charge on any atom is -0.385 e. The van der Waals surface area contributed by atoms with Crippen LogP contribution in [0.3, 0.4) is 0 Å². The fraction of sp³-hybridized carbons (Fsp3) is 0.929. The first-order valence-corrected chi connectivity index (χ1v) is 7.16. The van der Waals surface area contributed by atoms with Crippen LogP contribution >= 0.6 is 0 Å². The van der Waals surface area contributed by atoms with E-state index in [0.717, 1.165) is 19.6 Å². The van der Waals surface area contributed by atoms with Crippen molar-refractivity contribution in [2.45, 2.75) is 45.1 Å². The van der Waals surface area contributed by atoms with Gasteiger partial charge >= 0.3 is 0 Å². The highest BCUT2D eigenvalue weighted by Crippen LogP contribution is 2.41. The number of hydrogen-bond acceptors (Lipinski definition) is 3. The molecule has 1 rings (SSSR count). The highest BCUT2D eigenvalue weighted by Gasteiger charge is 2.33. The van der Waals surface area contributed by atoms with Gasteiger partial charge in [0.1, 0.15) is 0 Å². The Morgan fingerprint density at radius 2 is 2.00 bits per heavy atom. The normalized spacial score (nSPS) is 20.5. The standard InChI is InChI=1S/C14H29N3O2/c1-12(10-19-3)17-13(15)16-11-14(8-9-18-2)6-4-5-7-14/h12H,4-11H2,1-3H3,(H3,15,16,17). The Morgan fingerprint density at radius 3 is 2.58 bits per heavy atom. The van der Waals surface area contributed by atoms with E-state index < -0.39 is 0 Å². The van der Waals surface area contributed by atoms with E-state index in [9.17, 15) is 0 Å². The van der Waals surface area contributed by atoms with E-state index in [1.807, 2.05) is 6.92 Å². The molecule has 0 heterocycles. The van der Waals surface area contributed by atoms with E-state index >= 15 is 0 Å². The highest BCUT2D eigenvalue weighted by atomic mass is 16.5. The molecular formula is C14H29N3O2. The zero-order valence-electron chi connectivity index (χ0n) is 12.6. The van der Waals surface area contributed by atoms with Gasteiger partial charge in [0.15, 0.2) is 5.96 Å². The van der Waals surface area contributed by atoms with Crippen molar-refractivity contribution in [3.8, 4) is 0 Å². The van der Waals surface area contributed by atoms with Crippen LogP contribution in [0.4, 0.5) is 0 Å². The molecule has 112 valence electrons. The Labute approximate surface area is 116 Å². The minimum atomic E-state index is 0.187. The fourth-order valence-corrected chi connectivity index (χ4v) is 2.77. The smallest absolute Gasteiger partial charge is 0.188 e. The molecule has 0 bridgehead atoms. The zero-order chi connectivity index (χ0) is 14.1. The van der Waals surface area contributed by atoms with Gasteiger partial charge in [-0.1, -0.05) is 12.8 Å². The van der Waals surface area contributed by atoms with Gasteiger partial charge in [-0.05, 0) is 31.6 Å². The molecule has 5 nitrogen and oxygen atoms in total. The maximum absolute atomic E-state index is 5.92. The molecular weight excluding hydrogens is 242 g/mol. The number of aliphatic imine (C=N–C) groups is 1. The van der Waals surface area contributed by atoms with Crippen molar-refractivity contribution in [1.82, 2.24) is 5.32 Å². The van der Waals surface area contributed by atoms with Crippen molar-refractivity contribution in [3.05, 3.63) is 0 Å². The van der Waals surface area contributed by atoms with Crippen LogP contribution in [0.1, 0.15) is 39.0 Å². The van der Waals surface area contributed by atoms with Gasteiger partial charge in [-0.2, -0.15) is 0 Å². The van der Waals surface area contributed by atoms with E-state index in [1.165, 1.54) is 25.7 Å². The molecule has 0 spiro atoms. The van der Waals surface area contributed by atoms with Crippen LogP contribution in [-0.2, 0) is 9.47 Å². The topological polar surface area (TPSA) is 68.9 Å². The van der Waals surface area contributed by atoms with Crippen LogP contribution in [0.25, 0.3) is 0 Å². The first-order valence-electron chi connectivity index (χ1n) is 7.16. The molecule has 1 fully saturated rings. The summed E-state index contributed by atoms with van der Waals surface area (Å²) in [6.07, 6.45) is 6.15. The van der Waals surface area contributed by atoms with Crippen molar-refractivity contribution in [3.63, 3.8) is 0 Å². The van der Waals surface area contributed by atoms with Crippen molar-refractivity contribution in [2.24, 2.45) is 16.1 Å². The Hall–Kier alpha value is -0.810. The lowest BCUT2D eigenvalue weighted by Crippen LogP contribution is -2.41. The summed E-state index contributed by atoms with van der Waals surface area (Å²) in [6, 6.07) is 0.187. The number of nitrogens with one attached hydrogen (secondary N) is 1. The zero-order valence-corrected chi connectivity index (χ0v) is 12.6. The van der Waals surface area contributed by atoms with Gasteiger partial charge in [-0.3, -0.25) is 4.99 Å². The third-order valence-corrected chi connectivity index (χ3v) is 3.90. The molecule has 1 saturated carbocycles. The van der Waals surface area contributed by atoms with Gasteiger partial charge in [0.25, 0.3) is 0 Å². The van der Waals surface area contributed by atoms with E-state index in [1.54, 1.807) is 14.2 Å². The van der Waals surface area contributed by atoms with Gasteiger partial charge in [0.2, 0.25) is 0 Å². The first kappa shape index (κ1) is 16.2. The van der Waals surface area contributed by atoms with Crippen LogP contribution in [0.2, 0.25) is 0 Å². The number of nitrogens with zero attached hydrogens (tertiary/aromatic N) is 1. The Kier molecular flexibility index (Phi) is 7.16. The molecule has 0 radical (unpaired) electrons. The molecule has 0 amide bonds. The Morgan fingerprint density at radius 1 is 1.32 bits per heavy atom. The van der Waals surface area contributed by atoms with Crippen molar-refractivity contribution in [2.75, 3.05) is 34.0 Å². The molecule has 3 N–H and O–H groups in total. The quantitative estimate of drug-likeness (QED) is 0.519. The second-order valence-corrected chi connectivity index (χ2v) is 5.65. The molecule has 1 aliphatic rings. The van der Waals surface area contributed by atoms with Gasteiger partial charge < -0.3 is 20.5 Å². The number of ether oxygens (including phenoxy) is 2. The molecule has 0 aliphatic heterocycles. The van der Waals surface area contributed by atoms with Crippen LogP contribution in [0.5, 0.6) is 0 Å². The van der Waals surface area contributed by atoms with Crippen LogP contribution in [0.15, 0.2) is 4.99 Å². The number of rotatable bonds is 8. The van der Waals surface area contributed by atoms with Crippen LogP contribution < -0.4 is 11.1 Å². The summed E-state index contributed by atoms with van der Waals surface area (Å²) < 4.78 is 10.3. The Bertz CT molecular complexity index is 276. The summed E-state index contributed by atoms with van der Waals surface area (Å²) in [6.45, 7) is 4.27. The van der Waals surface area contributed by atoms with Crippen molar-refractivity contribution < 1.29 is 9.47 Å². The van der Waals surface area contributed by atoms with Gasteiger partial charge in [-0.15, -0.1) is 0 Å². The van der Waals surface area contributed by atoms with Gasteiger partial charge in [0.05, 0.1) is 6.61 Å². The average Bonchev–Trinajstić information content (AvgIpc) is 2.84. The molecule has 1 aliphatic carbocycles. The summed E-state index contributed by atoms with van der Waals surface area (Å²) in [5, 5.41) is 3.15. The summed E-state index contributed by atoms with van der Waals surface area (Å²) in [5.41, 5.74) is 6.22. The van der Waals surface area contributed by atoms with Crippen LogP contribution in [0, 0.1) is 5.41 Å². The van der Waals surface area contributed by atoms with Gasteiger partial charge in [-0.25, -0.2) is 0 Å². The average molecular weight is 271 g/mol. The Balaban J connectivity index is 2.45. The molecule has 5 heteroatoms. The van der Waals surface area contributed by atoms with Gasteiger partial charge in [0, 0.05) is 33.4 Å². The second-order valence-electron chi connectivity index (χ2n) is 5.65. The first-order chi connectivity index (χ1) is 9.12. The monoisotopic (exact) mass is 271 g/mol. The predicted molar refractivity (Wildman–Crippen MR) is 78.4 cm³/mol. The molecule has 19 heavy (non-hydrogen) atoms. The number of methoxy groups -OCH3 is 2. The number of nitrogens with two attached hydrogens (primary N) is 1. The molecule has 1 atom stereocenters. The molecule has 0 saturated heterocycles. The van der Waals surface area contributed by atoms with E-state index in [4.69, 9.17) is 15.2 Å². The maximum atomic E-state index is 5.92. The lowest BCUT2D eigenvalue weighted by molar-refractivity contribution is 0.141. The third-order valence-electron chi connectivity index (χ3n) is 3.90. The molecule has 0 aromatic rings. The lowest BCUT2D eigenvalue weighted by atomic mass is 9.83. The molecule has 0 aromatic carbocycles. The second kappa shape index (κ2) is 8.38. The predicted octanol–water partition coefficient (Wildman–Crippen LogP) is 1.52. The summed E-state index contributed by atoms with van der Waals surface area (Å²) >= 11 is 0. The fourth-order valence-electron chi connectivity index (χ4n) is 2.77. The van der Waals surface area contributed by atoms with Crippen LogP contribution in [-0.4, -0.2) is 46.0 Å².